The van der Waals surface area contributed by atoms with Crippen LogP contribution in [-0.4, -0.2) is 24.1 Å². The van der Waals surface area contributed by atoms with E-state index in [9.17, 15) is 5.11 Å². The van der Waals surface area contributed by atoms with E-state index in [0.717, 1.165) is 16.9 Å². The zero-order valence-corrected chi connectivity index (χ0v) is 9.47. The Morgan fingerprint density at radius 3 is 2.69 bits per heavy atom. The van der Waals surface area contributed by atoms with E-state index < -0.39 is 0 Å². The van der Waals surface area contributed by atoms with Crippen LogP contribution in [0, 0.1) is 0 Å². The Labute approximate surface area is 94.9 Å². The maximum absolute atomic E-state index is 9.72. The highest BCUT2D eigenvalue weighted by atomic mass is 16.3. The van der Waals surface area contributed by atoms with Crippen molar-refractivity contribution in [2.24, 2.45) is 0 Å². The second kappa shape index (κ2) is 4.41. The summed E-state index contributed by atoms with van der Waals surface area (Å²) in [5.41, 5.74) is 1.89. The Kier molecular flexibility index (Phi) is 2.97. The fourth-order valence-electron chi connectivity index (χ4n) is 1.65. The lowest BCUT2D eigenvalue weighted by molar-refractivity contribution is 0.386. The Morgan fingerprint density at radius 2 is 2.06 bits per heavy atom. The standard InChI is InChI=1S/C13H15NO2/c1-14(2)9-11-8-10(5-6-12(11)15)13-4-3-7-16-13/h3-8,15H,9H2,1-2H3. The van der Waals surface area contributed by atoms with Crippen molar-refractivity contribution in [1.29, 1.82) is 0 Å². The molecule has 1 N–H and O–H groups in total. The normalized spacial score (nSPS) is 10.9. The molecule has 0 bridgehead atoms. The minimum atomic E-state index is 0.323. The van der Waals surface area contributed by atoms with E-state index in [1.54, 1.807) is 12.3 Å². The average molecular weight is 217 g/mol. The van der Waals surface area contributed by atoms with E-state index in [4.69, 9.17) is 4.42 Å². The van der Waals surface area contributed by atoms with Gasteiger partial charge < -0.3 is 14.4 Å². The van der Waals surface area contributed by atoms with Crippen molar-refractivity contribution in [3.63, 3.8) is 0 Å². The van der Waals surface area contributed by atoms with Crippen LogP contribution in [-0.2, 0) is 6.54 Å². The molecule has 0 amide bonds. The number of phenols is 1. The van der Waals surface area contributed by atoms with Crippen molar-refractivity contribution >= 4 is 0 Å². The summed E-state index contributed by atoms with van der Waals surface area (Å²) < 4.78 is 5.32. The first kappa shape index (κ1) is 10.8. The summed E-state index contributed by atoms with van der Waals surface area (Å²) in [4.78, 5) is 2.01. The molecular formula is C13H15NO2. The third-order valence-corrected chi connectivity index (χ3v) is 2.37. The van der Waals surface area contributed by atoms with Crippen LogP contribution in [0.2, 0.25) is 0 Å². The van der Waals surface area contributed by atoms with Crippen LogP contribution in [0.15, 0.2) is 41.0 Å². The second-order valence-corrected chi connectivity index (χ2v) is 4.06. The van der Waals surface area contributed by atoms with Gasteiger partial charge >= 0.3 is 0 Å². The summed E-state index contributed by atoms with van der Waals surface area (Å²) in [7, 11) is 3.94. The molecule has 1 aromatic heterocycles. The molecule has 0 atom stereocenters. The number of benzene rings is 1. The lowest BCUT2D eigenvalue weighted by Crippen LogP contribution is -2.10. The van der Waals surface area contributed by atoms with Crippen LogP contribution in [0.25, 0.3) is 11.3 Å². The van der Waals surface area contributed by atoms with Gasteiger partial charge in [-0.05, 0) is 44.4 Å². The smallest absolute Gasteiger partial charge is 0.133 e. The molecule has 2 aromatic rings. The van der Waals surface area contributed by atoms with Gasteiger partial charge in [-0.1, -0.05) is 0 Å². The zero-order chi connectivity index (χ0) is 11.5. The van der Waals surface area contributed by atoms with Crippen LogP contribution >= 0.6 is 0 Å². The second-order valence-electron chi connectivity index (χ2n) is 4.06. The van der Waals surface area contributed by atoms with E-state index in [0.29, 0.717) is 12.3 Å². The fourth-order valence-corrected chi connectivity index (χ4v) is 1.65. The first-order chi connectivity index (χ1) is 7.66. The topological polar surface area (TPSA) is 36.6 Å². The molecule has 0 aliphatic heterocycles. The summed E-state index contributed by atoms with van der Waals surface area (Å²) in [6, 6.07) is 9.28. The molecule has 1 heterocycles. The molecule has 2 rings (SSSR count). The van der Waals surface area contributed by atoms with Gasteiger partial charge in [0.1, 0.15) is 11.5 Å². The fraction of sp³-hybridized carbons (Fsp3) is 0.231. The maximum Gasteiger partial charge on any atom is 0.133 e. The molecule has 84 valence electrons. The lowest BCUT2D eigenvalue weighted by Gasteiger charge is -2.12. The Bertz CT molecular complexity index is 461. The number of rotatable bonds is 3. The quantitative estimate of drug-likeness (QED) is 0.858. The maximum atomic E-state index is 9.72. The van der Waals surface area contributed by atoms with E-state index in [2.05, 4.69) is 0 Å². The van der Waals surface area contributed by atoms with Crippen molar-refractivity contribution in [3.05, 3.63) is 42.2 Å². The lowest BCUT2D eigenvalue weighted by atomic mass is 10.1. The molecule has 0 fully saturated rings. The predicted octanol–water partition coefficient (Wildman–Crippen LogP) is 2.71. The highest BCUT2D eigenvalue weighted by Gasteiger charge is 2.06. The van der Waals surface area contributed by atoms with Gasteiger partial charge in [0, 0.05) is 17.7 Å². The van der Waals surface area contributed by atoms with Crippen LogP contribution < -0.4 is 0 Å². The summed E-state index contributed by atoms with van der Waals surface area (Å²) in [5, 5.41) is 9.72. The molecule has 0 unspecified atom stereocenters. The van der Waals surface area contributed by atoms with Crippen LogP contribution in [0.3, 0.4) is 0 Å². The van der Waals surface area contributed by atoms with Gasteiger partial charge in [0.25, 0.3) is 0 Å². The third kappa shape index (κ3) is 2.25. The zero-order valence-electron chi connectivity index (χ0n) is 9.47. The van der Waals surface area contributed by atoms with Crippen LogP contribution in [0.1, 0.15) is 5.56 Å². The largest absolute Gasteiger partial charge is 0.508 e. The molecule has 16 heavy (non-hydrogen) atoms. The molecule has 1 aromatic carbocycles. The average Bonchev–Trinajstić information content (AvgIpc) is 2.73. The van der Waals surface area contributed by atoms with Crippen molar-refractivity contribution in [3.8, 4) is 17.1 Å². The predicted molar refractivity (Wildman–Crippen MR) is 63.2 cm³/mol. The molecule has 0 saturated carbocycles. The number of aromatic hydroxyl groups is 1. The monoisotopic (exact) mass is 217 g/mol. The highest BCUT2D eigenvalue weighted by molar-refractivity contribution is 5.60. The molecule has 0 spiro atoms. The van der Waals surface area contributed by atoms with E-state index in [1.165, 1.54) is 0 Å². The first-order valence-corrected chi connectivity index (χ1v) is 5.17. The molecule has 0 radical (unpaired) electrons. The SMILES string of the molecule is CN(C)Cc1cc(-c2ccco2)ccc1O. The first-order valence-electron chi connectivity index (χ1n) is 5.17. The Hall–Kier alpha value is -1.74. The molecule has 0 aliphatic rings. The third-order valence-electron chi connectivity index (χ3n) is 2.37. The van der Waals surface area contributed by atoms with E-state index in [1.807, 2.05) is 43.3 Å². The van der Waals surface area contributed by atoms with Gasteiger partial charge in [0.05, 0.1) is 6.26 Å². The van der Waals surface area contributed by atoms with Gasteiger partial charge in [-0.25, -0.2) is 0 Å². The summed E-state index contributed by atoms with van der Waals surface area (Å²) >= 11 is 0. The highest BCUT2D eigenvalue weighted by Crippen LogP contribution is 2.26. The van der Waals surface area contributed by atoms with Crippen molar-refractivity contribution in [1.82, 2.24) is 4.90 Å². The number of nitrogens with zero attached hydrogens (tertiary/aromatic N) is 1. The Balaban J connectivity index is 2.36. The van der Waals surface area contributed by atoms with Crippen LogP contribution in [0.5, 0.6) is 5.75 Å². The van der Waals surface area contributed by atoms with Gasteiger partial charge in [-0.15, -0.1) is 0 Å². The molecule has 3 heteroatoms. The molecule has 3 nitrogen and oxygen atoms in total. The number of furan rings is 1. The number of hydrogen-bond donors (Lipinski definition) is 1. The molecule has 0 saturated heterocycles. The Morgan fingerprint density at radius 1 is 1.25 bits per heavy atom. The molecule has 0 aliphatic carbocycles. The van der Waals surface area contributed by atoms with Gasteiger partial charge in [-0.3, -0.25) is 0 Å². The summed E-state index contributed by atoms with van der Waals surface area (Å²) in [6.07, 6.45) is 1.65. The number of hydrogen-bond acceptors (Lipinski definition) is 3. The number of phenolic OH excluding ortho intramolecular Hbond substituents is 1. The van der Waals surface area contributed by atoms with Crippen molar-refractivity contribution in [2.45, 2.75) is 6.54 Å². The van der Waals surface area contributed by atoms with Gasteiger partial charge in [-0.2, -0.15) is 0 Å². The minimum Gasteiger partial charge on any atom is -0.508 e. The minimum absolute atomic E-state index is 0.323. The van der Waals surface area contributed by atoms with Crippen LogP contribution in [0.4, 0.5) is 0 Å². The van der Waals surface area contributed by atoms with Gasteiger partial charge in [0.15, 0.2) is 0 Å². The van der Waals surface area contributed by atoms with Gasteiger partial charge in [0.2, 0.25) is 0 Å². The van der Waals surface area contributed by atoms with E-state index in [-0.39, 0.29) is 0 Å². The van der Waals surface area contributed by atoms with Crippen molar-refractivity contribution < 1.29 is 9.52 Å². The van der Waals surface area contributed by atoms with E-state index >= 15 is 0 Å². The van der Waals surface area contributed by atoms with Crippen molar-refractivity contribution in [2.75, 3.05) is 14.1 Å². The summed E-state index contributed by atoms with van der Waals surface area (Å²) in [5.74, 6) is 1.14. The molecular weight excluding hydrogens is 202 g/mol. The summed E-state index contributed by atoms with van der Waals surface area (Å²) in [6.45, 7) is 0.709.